The van der Waals surface area contributed by atoms with E-state index in [1.165, 1.54) is 0 Å². The van der Waals surface area contributed by atoms with Gasteiger partial charge in [-0.05, 0) is 26.3 Å². The van der Waals surface area contributed by atoms with Crippen LogP contribution in [0.4, 0.5) is 0 Å². The highest BCUT2D eigenvalue weighted by atomic mass is 32.2. The van der Waals surface area contributed by atoms with Crippen LogP contribution in [0.25, 0.3) is 6.08 Å². The number of nitrogens with zero attached hydrogens (tertiary/aromatic N) is 1. The average Bonchev–Trinajstić information content (AvgIpc) is 2.47. The van der Waals surface area contributed by atoms with E-state index < -0.39 is 15.3 Å². The molecule has 0 amide bonds. The Bertz CT molecular complexity index is 485. The van der Waals surface area contributed by atoms with Gasteiger partial charge in [0.25, 0.3) is 5.16 Å². The van der Waals surface area contributed by atoms with Crippen LogP contribution in [0.3, 0.4) is 0 Å². The lowest BCUT2D eigenvalue weighted by Crippen LogP contribution is -2.00. The minimum absolute atomic E-state index is 0.407. The Labute approximate surface area is 89.0 Å². The van der Waals surface area contributed by atoms with Crippen molar-refractivity contribution in [1.29, 1.82) is 0 Å². The van der Waals surface area contributed by atoms with Crippen LogP contribution < -0.4 is 0 Å². The molecule has 0 saturated carbocycles. The van der Waals surface area contributed by atoms with Crippen LogP contribution in [0, 0.1) is 6.92 Å². The van der Waals surface area contributed by atoms with Gasteiger partial charge < -0.3 is 4.98 Å². The van der Waals surface area contributed by atoms with E-state index in [0.29, 0.717) is 11.4 Å². The summed E-state index contributed by atoms with van der Waals surface area (Å²) < 4.78 is 30.4. The van der Waals surface area contributed by atoms with E-state index in [1.54, 1.807) is 13.0 Å². The molecule has 0 radical (unpaired) electrons. The second kappa shape index (κ2) is 4.16. The van der Waals surface area contributed by atoms with Gasteiger partial charge in [0, 0.05) is 5.69 Å². The molecule has 6 heteroatoms. The van der Waals surface area contributed by atoms with Gasteiger partial charge in [0.2, 0.25) is 0 Å². The predicted molar refractivity (Wildman–Crippen MR) is 57.1 cm³/mol. The topological polar surface area (TPSA) is 83.1 Å². The monoisotopic (exact) mass is 230 g/mol. The maximum Gasteiger partial charge on any atom is 0.328 e. The highest BCUT2D eigenvalue weighted by Gasteiger charge is 2.15. The maximum absolute atomic E-state index is 10.8. The Morgan fingerprint density at radius 1 is 1.60 bits per heavy atom. The van der Waals surface area contributed by atoms with Gasteiger partial charge in [-0.25, -0.2) is 4.98 Å². The first-order valence-corrected chi connectivity index (χ1v) is 6.00. The van der Waals surface area contributed by atoms with Crippen LogP contribution in [0.1, 0.15) is 31.7 Å². The molecular formula is C9H14N2O3S. The van der Waals surface area contributed by atoms with Crippen LogP contribution in [0.2, 0.25) is 0 Å². The van der Waals surface area contributed by atoms with Gasteiger partial charge in [-0.2, -0.15) is 8.42 Å². The van der Waals surface area contributed by atoms with E-state index in [9.17, 15) is 8.42 Å². The minimum atomic E-state index is -4.24. The molecule has 0 fully saturated rings. The van der Waals surface area contributed by atoms with Gasteiger partial charge in [-0.15, -0.1) is 0 Å². The van der Waals surface area contributed by atoms with Crippen molar-refractivity contribution in [2.45, 2.75) is 32.3 Å². The van der Waals surface area contributed by atoms with Crippen molar-refractivity contribution in [3.05, 3.63) is 17.0 Å². The Morgan fingerprint density at radius 3 is 2.60 bits per heavy atom. The van der Waals surface area contributed by atoms with Gasteiger partial charge in [0.15, 0.2) is 0 Å². The summed E-state index contributed by atoms with van der Waals surface area (Å²) in [6.45, 7) is 5.63. The smallest absolute Gasteiger partial charge is 0.328 e. The van der Waals surface area contributed by atoms with E-state index in [-0.39, 0.29) is 0 Å². The van der Waals surface area contributed by atoms with Crippen molar-refractivity contribution >= 4 is 16.2 Å². The van der Waals surface area contributed by atoms with Crippen LogP contribution in [-0.4, -0.2) is 22.9 Å². The number of allylic oxidation sites excluding steroid dienone is 1. The largest absolute Gasteiger partial charge is 0.330 e. The number of aromatic amines is 1. The van der Waals surface area contributed by atoms with Crippen LogP contribution in [0.5, 0.6) is 0 Å². The first-order chi connectivity index (χ1) is 6.84. The fourth-order valence-corrected chi connectivity index (χ4v) is 1.54. The normalized spacial score (nSPS) is 13.2. The molecule has 0 spiro atoms. The molecule has 1 rings (SSSR count). The third kappa shape index (κ3) is 2.90. The van der Waals surface area contributed by atoms with Crippen molar-refractivity contribution in [2.75, 3.05) is 0 Å². The molecule has 0 atom stereocenters. The molecule has 1 heterocycles. The first kappa shape index (κ1) is 11.9. The summed E-state index contributed by atoms with van der Waals surface area (Å²) in [5, 5.41) is -0.407. The summed E-state index contributed by atoms with van der Waals surface area (Å²) in [6.07, 6.45) is 2.66. The predicted octanol–water partition coefficient (Wildman–Crippen LogP) is 1.78. The highest BCUT2D eigenvalue weighted by molar-refractivity contribution is 7.85. The van der Waals surface area contributed by atoms with Crippen molar-refractivity contribution in [3.8, 4) is 0 Å². The summed E-state index contributed by atoms with van der Waals surface area (Å²) in [6, 6.07) is 0. The average molecular weight is 230 g/mol. The zero-order valence-electron chi connectivity index (χ0n) is 8.90. The molecule has 15 heavy (non-hydrogen) atoms. The molecule has 0 aliphatic heterocycles. The van der Waals surface area contributed by atoms with E-state index >= 15 is 0 Å². The molecule has 1 aromatic heterocycles. The molecule has 0 aromatic carbocycles. The molecular weight excluding hydrogens is 216 g/mol. The number of aryl methyl sites for hydroxylation is 1. The van der Waals surface area contributed by atoms with E-state index in [0.717, 1.165) is 12.0 Å². The van der Waals surface area contributed by atoms with Gasteiger partial charge in [0.1, 0.15) is 0 Å². The fourth-order valence-electron chi connectivity index (χ4n) is 1.04. The summed E-state index contributed by atoms with van der Waals surface area (Å²) in [4.78, 5) is 6.32. The standard InChI is InChI=1S/C9H14N2O3S/c1-4-6(2)5-8-7(3)10-9(11-8)15(12,13)14/h5H,4H2,1-3H3,(H,10,11)(H,12,13,14)/b6-5-. The third-order valence-corrected chi connectivity index (χ3v) is 2.77. The lowest BCUT2D eigenvalue weighted by molar-refractivity contribution is 0.475. The van der Waals surface area contributed by atoms with Gasteiger partial charge in [-0.1, -0.05) is 12.5 Å². The number of nitrogens with one attached hydrogen (secondary N) is 1. The molecule has 0 aliphatic carbocycles. The number of aromatic nitrogens is 2. The summed E-state index contributed by atoms with van der Waals surface area (Å²) in [5.41, 5.74) is 2.25. The van der Waals surface area contributed by atoms with E-state index in [4.69, 9.17) is 4.55 Å². The Balaban J connectivity index is 3.19. The quantitative estimate of drug-likeness (QED) is 0.775. The summed E-state index contributed by atoms with van der Waals surface area (Å²) >= 11 is 0. The molecule has 2 N–H and O–H groups in total. The summed E-state index contributed by atoms with van der Waals surface area (Å²) in [7, 11) is -4.24. The lowest BCUT2D eigenvalue weighted by Gasteiger charge is -1.93. The second-order valence-corrected chi connectivity index (χ2v) is 4.71. The molecule has 5 nitrogen and oxygen atoms in total. The molecule has 0 unspecified atom stereocenters. The van der Waals surface area contributed by atoms with Crippen molar-refractivity contribution < 1.29 is 13.0 Å². The molecule has 1 aromatic rings. The van der Waals surface area contributed by atoms with Crippen LogP contribution in [-0.2, 0) is 10.1 Å². The van der Waals surface area contributed by atoms with Gasteiger partial charge in [-0.3, -0.25) is 4.55 Å². The van der Waals surface area contributed by atoms with E-state index in [2.05, 4.69) is 9.97 Å². The molecule has 0 bridgehead atoms. The Kier molecular flexibility index (Phi) is 3.31. The van der Waals surface area contributed by atoms with Gasteiger partial charge >= 0.3 is 10.1 Å². The van der Waals surface area contributed by atoms with Crippen LogP contribution in [0.15, 0.2) is 10.7 Å². The minimum Gasteiger partial charge on any atom is -0.330 e. The summed E-state index contributed by atoms with van der Waals surface area (Å²) in [5.74, 6) is 0. The number of hydrogen-bond donors (Lipinski definition) is 2. The van der Waals surface area contributed by atoms with Crippen molar-refractivity contribution in [2.24, 2.45) is 0 Å². The SMILES string of the molecule is CC/C(C)=C\c1nc(S(=O)(=O)O)[nH]c1C. The number of imidazole rings is 1. The number of hydrogen-bond acceptors (Lipinski definition) is 3. The Hall–Kier alpha value is -1.14. The second-order valence-electron chi connectivity index (χ2n) is 3.37. The highest BCUT2D eigenvalue weighted by Crippen LogP contribution is 2.14. The lowest BCUT2D eigenvalue weighted by atomic mass is 10.2. The maximum atomic E-state index is 10.8. The molecule has 0 saturated heterocycles. The van der Waals surface area contributed by atoms with Gasteiger partial charge in [0.05, 0.1) is 5.69 Å². The zero-order chi connectivity index (χ0) is 11.6. The van der Waals surface area contributed by atoms with Crippen molar-refractivity contribution in [1.82, 2.24) is 9.97 Å². The fraction of sp³-hybridized carbons (Fsp3) is 0.444. The number of rotatable bonds is 3. The first-order valence-electron chi connectivity index (χ1n) is 4.56. The number of H-pyrrole nitrogens is 1. The van der Waals surface area contributed by atoms with Crippen molar-refractivity contribution in [3.63, 3.8) is 0 Å². The van der Waals surface area contributed by atoms with E-state index in [1.807, 2.05) is 13.8 Å². The third-order valence-electron chi connectivity index (χ3n) is 2.09. The molecule has 84 valence electrons. The zero-order valence-corrected chi connectivity index (χ0v) is 9.72. The Morgan fingerprint density at radius 2 is 2.20 bits per heavy atom. The molecule has 0 aliphatic rings. The van der Waals surface area contributed by atoms with Crippen LogP contribution >= 0.6 is 0 Å².